The van der Waals surface area contributed by atoms with Gasteiger partial charge in [0.2, 0.25) is 11.8 Å². The van der Waals surface area contributed by atoms with Crippen LogP contribution in [0.15, 0.2) is 41.0 Å². The molecule has 3 rings (SSSR count). The summed E-state index contributed by atoms with van der Waals surface area (Å²) in [6.45, 7) is 5.16. The van der Waals surface area contributed by atoms with Crippen LogP contribution in [0.1, 0.15) is 5.56 Å². The fourth-order valence-corrected chi connectivity index (χ4v) is 3.47. The molecule has 7 nitrogen and oxygen atoms in total. The zero-order valence-corrected chi connectivity index (χ0v) is 18.5. The van der Waals surface area contributed by atoms with Crippen LogP contribution in [0, 0.1) is 6.92 Å². The molecule has 2 N–H and O–H groups in total. The largest absolute Gasteiger partial charge is 0.354 e. The van der Waals surface area contributed by atoms with E-state index >= 15 is 0 Å². The third-order valence-electron chi connectivity index (χ3n) is 4.76. The summed E-state index contributed by atoms with van der Waals surface area (Å²) in [6, 6.07) is 9.26. The number of carbonyl (C=O) groups is 2. The molecule has 1 aromatic heterocycles. The molecule has 0 unspecified atom stereocenters. The lowest BCUT2D eigenvalue weighted by atomic mass is 10.2. The third kappa shape index (κ3) is 6.16. The van der Waals surface area contributed by atoms with E-state index in [-0.39, 0.29) is 24.9 Å². The van der Waals surface area contributed by atoms with Crippen LogP contribution < -0.4 is 15.5 Å². The van der Waals surface area contributed by atoms with Gasteiger partial charge in [-0.1, -0.05) is 17.7 Å². The second-order valence-corrected chi connectivity index (χ2v) is 8.16. The van der Waals surface area contributed by atoms with Crippen LogP contribution in [-0.2, 0) is 9.59 Å². The number of piperazine rings is 1. The molecular formula is C20H23BrClN5O2. The predicted octanol–water partition coefficient (Wildman–Crippen LogP) is 2.68. The molecule has 154 valence electrons. The molecule has 2 heterocycles. The first-order chi connectivity index (χ1) is 13.9. The molecule has 1 aromatic carbocycles. The topological polar surface area (TPSA) is 77.6 Å². The Morgan fingerprint density at radius 1 is 1.14 bits per heavy atom. The lowest BCUT2D eigenvalue weighted by Crippen LogP contribution is -2.50. The predicted molar refractivity (Wildman–Crippen MR) is 118 cm³/mol. The molecule has 2 aromatic rings. The summed E-state index contributed by atoms with van der Waals surface area (Å²) in [6.07, 6.45) is 1.78. The highest BCUT2D eigenvalue weighted by Gasteiger charge is 2.20. The van der Waals surface area contributed by atoms with Gasteiger partial charge in [0.15, 0.2) is 0 Å². The van der Waals surface area contributed by atoms with Crippen molar-refractivity contribution in [3.05, 3.63) is 51.6 Å². The summed E-state index contributed by atoms with van der Waals surface area (Å²) in [4.78, 5) is 33.0. The van der Waals surface area contributed by atoms with Crippen LogP contribution in [0.3, 0.4) is 0 Å². The van der Waals surface area contributed by atoms with Crippen LogP contribution in [0.25, 0.3) is 0 Å². The van der Waals surface area contributed by atoms with E-state index in [4.69, 9.17) is 11.6 Å². The van der Waals surface area contributed by atoms with Gasteiger partial charge < -0.3 is 15.5 Å². The number of benzene rings is 1. The number of pyridine rings is 1. The van der Waals surface area contributed by atoms with E-state index in [1.807, 2.05) is 19.1 Å². The monoisotopic (exact) mass is 479 g/mol. The number of nitrogens with one attached hydrogen (secondary N) is 2. The van der Waals surface area contributed by atoms with Gasteiger partial charge in [-0.2, -0.15) is 0 Å². The first-order valence-corrected chi connectivity index (χ1v) is 10.5. The van der Waals surface area contributed by atoms with Gasteiger partial charge in [0.25, 0.3) is 0 Å². The second kappa shape index (κ2) is 10.0. The molecule has 2 amide bonds. The number of aromatic nitrogens is 1. The number of halogens is 2. The van der Waals surface area contributed by atoms with Gasteiger partial charge >= 0.3 is 0 Å². The lowest BCUT2D eigenvalue weighted by Gasteiger charge is -2.35. The van der Waals surface area contributed by atoms with Gasteiger partial charge in [0.1, 0.15) is 5.82 Å². The van der Waals surface area contributed by atoms with E-state index < -0.39 is 0 Å². The highest BCUT2D eigenvalue weighted by atomic mass is 79.9. The Hall–Kier alpha value is -2.16. The van der Waals surface area contributed by atoms with Crippen molar-refractivity contribution in [2.45, 2.75) is 6.92 Å². The Bertz CT molecular complexity index is 870. The molecule has 1 aliphatic heterocycles. The highest BCUT2D eigenvalue weighted by molar-refractivity contribution is 9.10. The fourth-order valence-electron chi connectivity index (χ4n) is 3.07. The van der Waals surface area contributed by atoms with E-state index in [0.29, 0.717) is 10.7 Å². The zero-order chi connectivity index (χ0) is 20.8. The summed E-state index contributed by atoms with van der Waals surface area (Å²) in [5.41, 5.74) is 1.45. The summed E-state index contributed by atoms with van der Waals surface area (Å²) in [5.74, 6) is 0.485. The molecule has 0 bridgehead atoms. The Morgan fingerprint density at radius 2 is 1.90 bits per heavy atom. The normalized spacial score (nSPS) is 14.5. The summed E-state index contributed by atoms with van der Waals surface area (Å²) < 4.78 is 0.950. The van der Waals surface area contributed by atoms with Gasteiger partial charge in [0, 0.05) is 47.6 Å². The number of rotatable bonds is 6. The van der Waals surface area contributed by atoms with Crippen molar-refractivity contribution in [1.29, 1.82) is 0 Å². The van der Waals surface area contributed by atoms with Crippen molar-refractivity contribution in [2.24, 2.45) is 0 Å². The Morgan fingerprint density at radius 3 is 2.59 bits per heavy atom. The first-order valence-electron chi connectivity index (χ1n) is 9.33. The molecule has 0 radical (unpaired) electrons. The van der Waals surface area contributed by atoms with Crippen molar-refractivity contribution in [3.8, 4) is 0 Å². The molecule has 1 aliphatic rings. The number of amides is 2. The van der Waals surface area contributed by atoms with Crippen molar-refractivity contribution >= 4 is 50.9 Å². The minimum Gasteiger partial charge on any atom is -0.354 e. The van der Waals surface area contributed by atoms with Crippen LogP contribution in [-0.4, -0.2) is 61.0 Å². The molecule has 0 saturated carbocycles. The van der Waals surface area contributed by atoms with E-state index in [1.54, 1.807) is 24.4 Å². The Kier molecular flexibility index (Phi) is 7.46. The van der Waals surface area contributed by atoms with E-state index in [9.17, 15) is 9.59 Å². The van der Waals surface area contributed by atoms with E-state index in [1.165, 1.54) is 0 Å². The van der Waals surface area contributed by atoms with E-state index in [0.717, 1.165) is 42.0 Å². The van der Waals surface area contributed by atoms with Gasteiger partial charge in [0.05, 0.1) is 13.1 Å². The summed E-state index contributed by atoms with van der Waals surface area (Å²) in [5, 5.41) is 6.03. The maximum absolute atomic E-state index is 12.2. The minimum absolute atomic E-state index is 0.0758. The first kappa shape index (κ1) is 21.5. The maximum atomic E-state index is 12.2. The number of carbonyl (C=O) groups excluding carboxylic acids is 2. The van der Waals surface area contributed by atoms with Crippen LogP contribution >= 0.6 is 27.5 Å². The van der Waals surface area contributed by atoms with Crippen LogP contribution in [0.2, 0.25) is 5.02 Å². The van der Waals surface area contributed by atoms with Crippen molar-refractivity contribution < 1.29 is 9.59 Å². The Balaban J connectivity index is 1.39. The van der Waals surface area contributed by atoms with Crippen molar-refractivity contribution in [1.82, 2.24) is 15.2 Å². The average molecular weight is 481 g/mol. The average Bonchev–Trinajstić information content (AvgIpc) is 2.71. The van der Waals surface area contributed by atoms with E-state index in [2.05, 4.69) is 41.3 Å². The smallest absolute Gasteiger partial charge is 0.243 e. The molecule has 29 heavy (non-hydrogen) atoms. The number of nitrogens with zero attached hydrogens (tertiary/aromatic N) is 3. The standard InChI is InChI=1S/C20H23BrClN5O2/c1-14-16(22)3-2-4-17(14)25-19(28)12-24-20(29)13-26-7-9-27(10-8-26)18-6-5-15(21)11-23-18/h2-6,11H,7-10,12-13H2,1H3,(H,24,29)(H,25,28). The fraction of sp³-hybridized carbons (Fsp3) is 0.350. The third-order valence-corrected chi connectivity index (χ3v) is 5.64. The minimum atomic E-state index is -0.283. The molecule has 1 fully saturated rings. The second-order valence-electron chi connectivity index (χ2n) is 6.84. The molecule has 0 aliphatic carbocycles. The molecule has 0 spiro atoms. The van der Waals surface area contributed by atoms with Gasteiger partial charge in [-0.25, -0.2) is 4.98 Å². The highest BCUT2D eigenvalue weighted by Crippen LogP contribution is 2.22. The molecule has 9 heteroatoms. The summed E-state index contributed by atoms with van der Waals surface area (Å²) >= 11 is 9.44. The molecule has 1 saturated heterocycles. The Labute approximate surface area is 183 Å². The van der Waals surface area contributed by atoms with Crippen molar-refractivity contribution in [2.75, 3.05) is 49.5 Å². The van der Waals surface area contributed by atoms with Gasteiger partial charge in [-0.15, -0.1) is 0 Å². The number of anilines is 2. The summed E-state index contributed by atoms with van der Waals surface area (Å²) in [7, 11) is 0. The SMILES string of the molecule is Cc1c(Cl)cccc1NC(=O)CNC(=O)CN1CCN(c2ccc(Br)cn2)CC1. The van der Waals surface area contributed by atoms with Crippen LogP contribution in [0.4, 0.5) is 11.5 Å². The van der Waals surface area contributed by atoms with Gasteiger partial charge in [-0.05, 0) is 52.7 Å². The number of hydrogen-bond donors (Lipinski definition) is 2. The van der Waals surface area contributed by atoms with Gasteiger partial charge in [-0.3, -0.25) is 14.5 Å². The van der Waals surface area contributed by atoms with Crippen molar-refractivity contribution in [3.63, 3.8) is 0 Å². The van der Waals surface area contributed by atoms with Crippen LogP contribution in [0.5, 0.6) is 0 Å². The lowest BCUT2D eigenvalue weighted by molar-refractivity contribution is -0.125. The quantitative estimate of drug-likeness (QED) is 0.665. The number of hydrogen-bond acceptors (Lipinski definition) is 5. The molecule has 0 atom stereocenters. The zero-order valence-electron chi connectivity index (χ0n) is 16.1. The molecular weight excluding hydrogens is 458 g/mol. The maximum Gasteiger partial charge on any atom is 0.243 e.